The highest BCUT2D eigenvalue weighted by molar-refractivity contribution is 5.76. The molecule has 27 heavy (non-hydrogen) atoms. The van der Waals surface area contributed by atoms with Crippen molar-refractivity contribution in [2.24, 2.45) is 9.98 Å². The molecule has 1 fully saturated rings. The van der Waals surface area contributed by atoms with Crippen molar-refractivity contribution in [3.05, 3.63) is 89.6 Å². The molecule has 1 aliphatic carbocycles. The van der Waals surface area contributed by atoms with E-state index in [0.717, 1.165) is 40.6 Å². The van der Waals surface area contributed by atoms with Crippen LogP contribution in [-0.4, -0.2) is 5.66 Å². The summed E-state index contributed by atoms with van der Waals surface area (Å²) in [6.45, 7) is 0. The topological polar surface area (TPSA) is 28.0 Å². The molecule has 1 heterocycles. The molecule has 0 bridgehead atoms. The van der Waals surface area contributed by atoms with Crippen molar-refractivity contribution in [3.8, 4) is 0 Å². The van der Waals surface area contributed by atoms with Crippen molar-refractivity contribution >= 4 is 17.1 Å². The monoisotopic (exact) mass is 353 g/mol. The molecule has 5 rings (SSSR count). The number of rotatable bonds is 3. The third-order valence-corrected chi connectivity index (χ3v) is 5.57. The highest BCUT2D eigenvalue weighted by atomic mass is 15.2. The first kappa shape index (κ1) is 16.2. The molecule has 0 saturated heterocycles. The number of para-hydroxylation sites is 3. The minimum Gasteiger partial charge on any atom is -0.308 e. The van der Waals surface area contributed by atoms with Gasteiger partial charge in [-0.25, -0.2) is 0 Å². The summed E-state index contributed by atoms with van der Waals surface area (Å²) in [5.41, 5.74) is 3.15. The van der Waals surface area contributed by atoms with E-state index in [4.69, 9.17) is 9.98 Å². The van der Waals surface area contributed by atoms with Gasteiger partial charge in [-0.2, -0.15) is 0 Å². The molecule has 0 N–H and O–H groups in total. The molecule has 0 amide bonds. The van der Waals surface area contributed by atoms with E-state index in [0.29, 0.717) is 0 Å². The zero-order valence-electron chi connectivity index (χ0n) is 15.4. The van der Waals surface area contributed by atoms with E-state index in [1.54, 1.807) is 0 Å². The molecule has 3 aromatic carbocycles. The normalized spacial score (nSPS) is 17.0. The molecule has 0 aromatic heterocycles. The predicted molar refractivity (Wildman–Crippen MR) is 109 cm³/mol. The fourth-order valence-corrected chi connectivity index (χ4v) is 4.29. The summed E-state index contributed by atoms with van der Waals surface area (Å²) < 4.78 is 0. The Morgan fingerprint density at radius 2 is 1.26 bits per heavy atom. The minimum atomic E-state index is -0.226. The van der Waals surface area contributed by atoms with Crippen molar-refractivity contribution < 1.29 is 0 Å². The van der Waals surface area contributed by atoms with Crippen LogP contribution in [-0.2, 0) is 0 Å². The summed E-state index contributed by atoms with van der Waals surface area (Å²) in [6, 6.07) is 27.4. The van der Waals surface area contributed by atoms with Crippen LogP contribution in [0.5, 0.6) is 0 Å². The molecule has 3 heteroatoms. The van der Waals surface area contributed by atoms with Gasteiger partial charge in [-0.15, -0.1) is 0 Å². The third-order valence-electron chi connectivity index (χ3n) is 5.57. The number of fused-ring (bicyclic) bond motifs is 1. The lowest BCUT2D eigenvalue weighted by Gasteiger charge is -2.28. The molecule has 3 nitrogen and oxygen atoms in total. The second kappa shape index (κ2) is 6.66. The highest BCUT2D eigenvalue weighted by Crippen LogP contribution is 2.35. The van der Waals surface area contributed by atoms with Crippen LogP contribution in [0.15, 0.2) is 88.8 Å². The molecule has 1 spiro atoms. The molecule has 0 atom stereocenters. The molecule has 1 saturated carbocycles. The average molecular weight is 353 g/mol. The smallest absolute Gasteiger partial charge is 0.151 e. The quantitative estimate of drug-likeness (QED) is 0.646. The van der Waals surface area contributed by atoms with Gasteiger partial charge in [0.2, 0.25) is 0 Å². The number of nitrogens with zero attached hydrogens (tertiary/aromatic N) is 3. The Balaban J connectivity index is 1.71. The summed E-state index contributed by atoms with van der Waals surface area (Å²) in [5.74, 6) is 0. The third kappa shape index (κ3) is 2.93. The van der Waals surface area contributed by atoms with E-state index in [9.17, 15) is 0 Å². The van der Waals surface area contributed by atoms with Gasteiger partial charge < -0.3 is 4.90 Å². The van der Waals surface area contributed by atoms with E-state index < -0.39 is 0 Å². The van der Waals surface area contributed by atoms with E-state index >= 15 is 0 Å². The molecule has 0 radical (unpaired) electrons. The fraction of sp³-hybridized carbons (Fsp3) is 0.250. The van der Waals surface area contributed by atoms with Crippen LogP contribution in [0.25, 0.3) is 0 Å². The summed E-state index contributed by atoms with van der Waals surface area (Å²) in [6.07, 6.45) is 5.88. The predicted octanol–water partition coefficient (Wildman–Crippen LogP) is 5.07. The lowest BCUT2D eigenvalue weighted by atomic mass is 9.90. The van der Waals surface area contributed by atoms with Crippen molar-refractivity contribution in [1.29, 1.82) is 0 Å². The summed E-state index contributed by atoms with van der Waals surface area (Å²) in [4.78, 5) is 12.6. The Morgan fingerprint density at radius 1 is 0.630 bits per heavy atom. The van der Waals surface area contributed by atoms with Gasteiger partial charge in [0.25, 0.3) is 0 Å². The number of hydrogen-bond acceptors (Lipinski definition) is 3. The Labute approximate surface area is 159 Å². The van der Waals surface area contributed by atoms with Crippen LogP contribution >= 0.6 is 0 Å². The van der Waals surface area contributed by atoms with Gasteiger partial charge in [0.1, 0.15) is 5.36 Å². The Bertz CT molecular complexity index is 1010. The lowest BCUT2D eigenvalue weighted by molar-refractivity contribution is 0.309. The summed E-state index contributed by atoms with van der Waals surface area (Å²) in [5, 5.41) is 2.07. The maximum atomic E-state index is 5.21. The maximum absolute atomic E-state index is 5.21. The Kier molecular flexibility index (Phi) is 4.01. The summed E-state index contributed by atoms with van der Waals surface area (Å²) in [7, 11) is 0. The summed E-state index contributed by atoms with van der Waals surface area (Å²) >= 11 is 0. The maximum Gasteiger partial charge on any atom is 0.151 e. The molecule has 3 aromatic rings. The van der Waals surface area contributed by atoms with Gasteiger partial charge in [-0.05, 0) is 62.1 Å². The number of hydrogen-bond donors (Lipinski definition) is 0. The molecule has 1 aliphatic heterocycles. The first-order valence-corrected chi connectivity index (χ1v) is 9.84. The standard InChI is InChI=1S/C24H23N3/c1-4-11-19(12-5-1)27(20-13-6-2-7-14-20)22-16-10-15-21-23(22)26-24(25-21)17-8-3-9-18-24/h1-2,4-7,10-16H,3,8-9,17-18H2. The minimum absolute atomic E-state index is 0.226. The van der Waals surface area contributed by atoms with Crippen LogP contribution < -0.4 is 15.6 Å². The largest absolute Gasteiger partial charge is 0.308 e. The van der Waals surface area contributed by atoms with Gasteiger partial charge in [0, 0.05) is 11.4 Å². The Morgan fingerprint density at radius 3 is 1.89 bits per heavy atom. The zero-order chi connectivity index (χ0) is 18.1. The van der Waals surface area contributed by atoms with Gasteiger partial charge in [-0.3, -0.25) is 9.98 Å². The first-order valence-electron chi connectivity index (χ1n) is 9.84. The van der Waals surface area contributed by atoms with E-state index in [1.807, 2.05) is 0 Å². The van der Waals surface area contributed by atoms with Crippen LogP contribution in [0.1, 0.15) is 32.1 Å². The van der Waals surface area contributed by atoms with E-state index in [1.165, 1.54) is 19.3 Å². The van der Waals surface area contributed by atoms with Crippen LogP contribution in [0.2, 0.25) is 0 Å². The van der Waals surface area contributed by atoms with Gasteiger partial charge in [0.15, 0.2) is 5.66 Å². The number of anilines is 3. The van der Waals surface area contributed by atoms with Crippen molar-refractivity contribution in [3.63, 3.8) is 0 Å². The molecular weight excluding hydrogens is 330 g/mol. The number of benzene rings is 3. The first-order chi connectivity index (χ1) is 13.3. The van der Waals surface area contributed by atoms with E-state index in [-0.39, 0.29) is 5.66 Å². The lowest BCUT2D eigenvalue weighted by Crippen LogP contribution is -2.28. The van der Waals surface area contributed by atoms with Crippen LogP contribution in [0.4, 0.5) is 17.1 Å². The second-order valence-corrected chi connectivity index (χ2v) is 7.42. The van der Waals surface area contributed by atoms with Crippen molar-refractivity contribution in [1.82, 2.24) is 0 Å². The van der Waals surface area contributed by atoms with Gasteiger partial charge in [-0.1, -0.05) is 48.9 Å². The van der Waals surface area contributed by atoms with Gasteiger partial charge in [0.05, 0.1) is 11.0 Å². The molecule has 2 aliphatic rings. The zero-order valence-corrected chi connectivity index (χ0v) is 15.4. The van der Waals surface area contributed by atoms with E-state index in [2.05, 4.69) is 83.8 Å². The second-order valence-electron chi connectivity index (χ2n) is 7.42. The molecule has 134 valence electrons. The fourth-order valence-electron chi connectivity index (χ4n) is 4.29. The average Bonchev–Trinajstić information content (AvgIpc) is 3.08. The van der Waals surface area contributed by atoms with Crippen LogP contribution in [0, 0.1) is 0 Å². The van der Waals surface area contributed by atoms with Gasteiger partial charge >= 0.3 is 0 Å². The van der Waals surface area contributed by atoms with Crippen molar-refractivity contribution in [2.45, 2.75) is 37.8 Å². The molecule has 0 unspecified atom stereocenters. The highest BCUT2D eigenvalue weighted by Gasteiger charge is 2.33. The SMILES string of the molecule is c1ccc(N(c2ccccc2)c2cccc3c2=NC2(CCCCC2)N=3)cc1. The Hall–Kier alpha value is -2.94. The van der Waals surface area contributed by atoms with Crippen molar-refractivity contribution in [2.75, 3.05) is 4.90 Å². The van der Waals surface area contributed by atoms with Crippen LogP contribution in [0.3, 0.4) is 0 Å². The molecular formula is C24H23N3.